The number of hydrogen-bond donors (Lipinski definition) is 3. The van der Waals surface area contributed by atoms with Crippen molar-refractivity contribution in [3.63, 3.8) is 0 Å². The lowest BCUT2D eigenvalue weighted by Gasteiger charge is -2.34. The van der Waals surface area contributed by atoms with Gasteiger partial charge in [-0.05, 0) is 52.5 Å². The number of aryl methyl sites for hydroxylation is 1. The molecule has 1 aromatic carbocycles. The van der Waals surface area contributed by atoms with Gasteiger partial charge in [-0.15, -0.1) is 0 Å². The number of methoxy groups -OCH3 is 1. The normalized spacial score (nSPS) is 17.4. The molecule has 246 valence electrons. The molecule has 0 unspecified atom stereocenters. The van der Waals surface area contributed by atoms with Gasteiger partial charge in [-0.2, -0.15) is 0 Å². The second kappa shape index (κ2) is 15.0. The third-order valence-corrected chi connectivity index (χ3v) is 7.68. The van der Waals surface area contributed by atoms with Crippen LogP contribution in [0.1, 0.15) is 65.1 Å². The summed E-state index contributed by atoms with van der Waals surface area (Å²) >= 11 is 0. The van der Waals surface area contributed by atoms with Crippen LogP contribution >= 0.6 is 0 Å². The molecule has 1 fully saturated rings. The fourth-order valence-electron chi connectivity index (χ4n) is 5.10. The van der Waals surface area contributed by atoms with E-state index in [1.165, 1.54) is 12.0 Å². The Morgan fingerprint density at radius 1 is 1.02 bits per heavy atom. The Labute approximate surface area is 264 Å². The molecular formula is C32H46N6O7. The van der Waals surface area contributed by atoms with E-state index in [9.17, 15) is 24.0 Å². The number of esters is 1. The van der Waals surface area contributed by atoms with Crippen molar-refractivity contribution in [2.45, 2.75) is 96.0 Å². The molecule has 0 bridgehead atoms. The maximum absolute atomic E-state index is 13.9. The summed E-state index contributed by atoms with van der Waals surface area (Å²) in [6.45, 7) is 8.78. The van der Waals surface area contributed by atoms with Gasteiger partial charge < -0.3 is 34.9 Å². The van der Waals surface area contributed by atoms with Crippen molar-refractivity contribution in [3.8, 4) is 0 Å². The molecule has 13 heteroatoms. The third-order valence-electron chi connectivity index (χ3n) is 7.68. The average molecular weight is 627 g/mol. The lowest BCUT2D eigenvalue weighted by atomic mass is 9.95. The summed E-state index contributed by atoms with van der Waals surface area (Å²) in [5.41, 5.74) is -0.758. The van der Waals surface area contributed by atoms with Crippen LogP contribution in [0.4, 0.5) is 4.79 Å². The monoisotopic (exact) mass is 626 g/mol. The van der Waals surface area contributed by atoms with Gasteiger partial charge in [0.25, 0.3) is 0 Å². The second-order valence-corrected chi connectivity index (χ2v) is 12.5. The smallest absolute Gasteiger partial charge is 0.408 e. The first kappa shape index (κ1) is 35.1. The van der Waals surface area contributed by atoms with E-state index in [0.717, 1.165) is 5.56 Å². The van der Waals surface area contributed by atoms with Gasteiger partial charge in [0.1, 0.15) is 29.3 Å². The molecule has 1 aromatic heterocycles. The van der Waals surface area contributed by atoms with Crippen molar-refractivity contribution in [3.05, 3.63) is 54.1 Å². The quantitative estimate of drug-likeness (QED) is 0.302. The summed E-state index contributed by atoms with van der Waals surface area (Å²) in [5.74, 6) is -2.13. The Morgan fingerprint density at radius 2 is 1.71 bits per heavy atom. The molecule has 0 saturated carbocycles. The van der Waals surface area contributed by atoms with Crippen molar-refractivity contribution in [1.29, 1.82) is 0 Å². The number of likely N-dealkylation sites (tertiary alicyclic amines) is 1. The van der Waals surface area contributed by atoms with Crippen molar-refractivity contribution in [1.82, 2.24) is 30.4 Å². The van der Waals surface area contributed by atoms with E-state index < -0.39 is 59.0 Å². The van der Waals surface area contributed by atoms with E-state index in [-0.39, 0.29) is 19.3 Å². The summed E-state index contributed by atoms with van der Waals surface area (Å²) < 4.78 is 12.1. The number of imidazole rings is 1. The molecule has 4 amide bonds. The highest BCUT2D eigenvalue weighted by atomic mass is 16.6. The van der Waals surface area contributed by atoms with Crippen LogP contribution < -0.4 is 16.0 Å². The summed E-state index contributed by atoms with van der Waals surface area (Å²) in [6, 6.07) is 6.32. The lowest BCUT2D eigenvalue weighted by molar-refractivity contribution is -0.146. The molecule has 4 atom stereocenters. The first-order valence-corrected chi connectivity index (χ1v) is 15.2. The lowest BCUT2D eigenvalue weighted by Crippen LogP contribution is -2.62. The zero-order valence-electron chi connectivity index (χ0n) is 27.2. The number of ether oxygens (including phenoxy) is 2. The Kier molecular flexibility index (Phi) is 11.7. The number of carbonyl (C=O) groups excluding carboxylic acids is 5. The minimum absolute atomic E-state index is 0.0924. The standard InChI is InChI=1S/C32H46N6O7/c1-8-32(5,29(42)34-24(28(41)44-7)17-21-13-10-9-11-14-21)36-26(39)25-15-12-16-38(25)27(40)23(18-22-19-37(6)20-33-22)35-30(43)45-31(2,3)4/h9-11,13-14,19-20,23-25H,8,12,15-18H2,1-7H3,(H,34,42)(H,35,43)(H,36,39)/t23-,24-,25+,32-/m0/s1. The van der Waals surface area contributed by atoms with Gasteiger partial charge in [-0.1, -0.05) is 37.3 Å². The zero-order valence-corrected chi connectivity index (χ0v) is 27.2. The molecule has 0 spiro atoms. The topological polar surface area (TPSA) is 161 Å². The van der Waals surface area contributed by atoms with Crippen LogP contribution in [0.2, 0.25) is 0 Å². The van der Waals surface area contributed by atoms with Crippen LogP contribution in [-0.2, 0) is 48.5 Å². The van der Waals surface area contributed by atoms with Gasteiger partial charge in [-0.3, -0.25) is 14.4 Å². The average Bonchev–Trinajstić information content (AvgIpc) is 3.64. The highest BCUT2D eigenvalue weighted by Gasteiger charge is 2.42. The molecule has 45 heavy (non-hydrogen) atoms. The number of aromatic nitrogens is 2. The van der Waals surface area contributed by atoms with E-state index in [4.69, 9.17) is 9.47 Å². The SMILES string of the molecule is CC[C@](C)(NC(=O)[C@H]1CCCN1C(=O)[C@H](Cc1cn(C)cn1)NC(=O)OC(C)(C)C)C(=O)N[C@@H](Cc1ccccc1)C(=O)OC. The molecule has 1 saturated heterocycles. The molecule has 1 aliphatic heterocycles. The minimum atomic E-state index is -1.39. The number of amides is 4. The Balaban J connectivity index is 1.76. The molecular weight excluding hydrogens is 580 g/mol. The molecule has 3 rings (SSSR count). The molecule has 2 heterocycles. The van der Waals surface area contributed by atoms with Crippen molar-refractivity contribution in [2.24, 2.45) is 7.05 Å². The van der Waals surface area contributed by atoms with Crippen molar-refractivity contribution >= 4 is 29.8 Å². The van der Waals surface area contributed by atoms with E-state index in [0.29, 0.717) is 25.1 Å². The number of nitrogens with one attached hydrogen (secondary N) is 3. The molecule has 1 aliphatic rings. The van der Waals surface area contributed by atoms with Crippen LogP contribution in [0, 0.1) is 0 Å². The van der Waals surface area contributed by atoms with Crippen molar-refractivity contribution < 1.29 is 33.4 Å². The maximum atomic E-state index is 13.9. The largest absolute Gasteiger partial charge is 0.467 e. The van der Waals surface area contributed by atoms with Crippen molar-refractivity contribution in [2.75, 3.05) is 13.7 Å². The van der Waals surface area contributed by atoms with Gasteiger partial charge in [0, 0.05) is 32.6 Å². The fraction of sp³-hybridized carbons (Fsp3) is 0.562. The fourth-order valence-corrected chi connectivity index (χ4v) is 5.10. The zero-order chi connectivity index (χ0) is 33.4. The van der Waals surface area contributed by atoms with E-state index in [2.05, 4.69) is 20.9 Å². The number of carbonyl (C=O) groups is 5. The minimum Gasteiger partial charge on any atom is -0.467 e. The first-order valence-electron chi connectivity index (χ1n) is 15.2. The number of alkyl carbamates (subject to hydrolysis) is 1. The highest BCUT2D eigenvalue weighted by Crippen LogP contribution is 2.22. The van der Waals surface area contributed by atoms with Gasteiger partial charge in [0.15, 0.2) is 0 Å². The maximum Gasteiger partial charge on any atom is 0.408 e. The number of rotatable bonds is 12. The van der Waals surface area contributed by atoms with Gasteiger partial charge in [0.05, 0.1) is 19.1 Å². The summed E-state index contributed by atoms with van der Waals surface area (Å²) in [6.07, 6.45) is 4.03. The van der Waals surface area contributed by atoms with Crippen LogP contribution in [0.15, 0.2) is 42.9 Å². The third kappa shape index (κ3) is 9.79. The van der Waals surface area contributed by atoms with Crippen LogP contribution in [0.5, 0.6) is 0 Å². The molecule has 0 radical (unpaired) electrons. The summed E-state index contributed by atoms with van der Waals surface area (Å²) in [5, 5.41) is 8.24. The predicted octanol–water partition coefficient (Wildman–Crippen LogP) is 2.03. The van der Waals surface area contributed by atoms with E-state index in [1.54, 1.807) is 58.8 Å². The Bertz CT molecular complexity index is 1360. The van der Waals surface area contributed by atoms with Crippen LogP contribution in [-0.4, -0.2) is 87.2 Å². The summed E-state index contributed by atoms with van der Waals surface area (Å²) in [4.78, 5) is 72.1. The number of benzene rings is 1. The van der Waals surface area contributed by atoms with Crippen LogP contribution in [0.25, 0.3) is 0 Å². The first-order chi connectivity index (χ1) is 21.2. The van der Waals surface area contributed by atoms with Gasteiger partial charge >= 0.3 is 12.1 Å². The Morgan fingerprint density at radius 3 is 2.29 bits per heavy atom. The van der Waals surface area contributed by atoms with Gasteiger partial charge in [0.2, 0.25) is 17.7 Å². The molecule has 13 nitrogen and oxygen atoms in total. The summed E-state index contributed by atoms with van der Waals surface area (Å²) in [7, 11) is 3.04. The Hall–Kier alpha value is -4.42. The highest BCUT2D eigenvalue weighted by molar-refractivity contribution is 5.97. The van der Waals surface area contributed by atoms with Crippen LogP contribution in [0.3, 0.4) is 0 Å². The number of hydrogen-bond acceptors (Lipinski definition) is 8. The molecule has 2 aromatic rings. The number of nitrogens with zero attached hydrogens (tertiary/aromatic N) is 3. The molecule has 3 N–H and O–H groups in total. The van der Waals surface area contributed by atoms with E-state index in [1.807, 2.05) is 30.3 Å². The molecule has 0 aliphatic carbocycles. The van der Waals surface area contributed by atoms with E-state index >= 15 is 0 Å². The predicted molar refractivity (Wildman–Crippen MR) is 166 cm³/mol. The second-order valence-electron chi connectivity index (χ2n) is 12.5. The van der Waals surface area contributed by atoms with Gasteiger partial charge in [-0.25, -0.2) is 14.6 Å².